The maximum atomic E-state index is 13.0. The number of hydrogen-bond acceptors (Lipinski definition) is 3. The van der Waals surface area contributed by atoms with E-state index in [-0.39, 0.29) is 11.6 Å². The Morgan fingerprint density at radius 2 is 2.05 bits per heavy atom. The van der Waals surface area contributed by atoms with Crippen LogP contribution in [0.1, 0.15) is 23.2 Å². The number of nitrogen functional groups attached to an aromatic ring is 1. The van der Waals surface area contributed by atoms with Crippen LogP contribution in [0.3, 0.4) is 0 Å². The van der Waals surface area contributed by atoms with Gasteiger partial charge in [-0.2, -0.15) is 0 Å². The van der Waals surface area contributed by atoms with Gasteiger partial charge in [0, 0.05) is 25.3 Å². The average Bonchev–Trinajstić information content (AvgIpc) is 2.38. The summed E-state index contributed by atoms with van der Waals surface area (Å²) in [6, 6.07) is 3.95. The van der Waals surface area contributed by atoms with Gasteiger partial charge in [-0.05, 0) is 51.1 Å². The van der Waals surface area contributed by atoms with Gasteiger partial charge in [0.25, 0.3) is 5.91 Å². The van der Waals surface area contributed by atoms with Crippen LogP contribution in [0.5, 0.6) is 0 Å². The maximum Gasteiger partial charge on any atom is 0.255 e. The van der Waals surface area contributed by atoms with Gasteiger partial charge in [0.05, 0.1) is 5.56 Å². The van der Waals surface area contributed by atoms with E-state index in [9.17, 15) is 9.18 Å². The number of benzene rings is 1. The zero-order valence-electron chi connectivity index (χ0n) is 12.1. The summed E-state index contributed by atoms with van der Waals surface area (Å²) in [6.07, 6.45) is 2.01. The van der Waals surface area contributed by atoms with Crippen LogP contribution < -0.4 is 5.73 Å². The molecule has 0 aromatic heterocycles. The SMILES string of the molecule is CN(C)CC1CCN(C(=O)c2ccc(F)cc2N)CC1. The molecule has 20 heavy (non-hydrogen) atoms. The highest BCUT2D eigenvalue weighted by atomic mass is 19.1. The molecule has 1 amide bonds. The number of likely N-dealkylation sites (tertiary alicyclic amines) is 1. The first-order valence-electron chi connectivity index (χ1n) is 6.96. The summed E-state index contributed by atoms with van der Waals surface area (Å²) in [5, 5.41) is 0. The molecule has 1 aliphatic heterocycles. The molecule has 0 atom stereocenters. The molecule has 1 heterocycles. The number of nitrogens with two attached hydrogens (primary N) is 1. The number of nitrogens with zero attached hydrogens (tertiary/aromatic N) is 2. The molecule has 5 heteroatoms. The quantitative estimate of drug-likeness (QED) is 0.859. The minimum Gasteiger partial charge on any atom is -0.398 e. The number of carbonyl (C=O) groups excluding carboxylic acids is 1. The number of rotatable bonds is 3. The van der Waals surface area contributed by atoms with Gasteiger partial charge in [0.2, 0.25) is 0 Å². The number of hydrogen-bond donors (Lipinski definition) is 1. The monoisotopic (exact) mass is 279 g/mol. The van der Waals surface area contributed by atoms with E-state index in [4.69, 9.17) is 5.73 Å². The van der Waals surface area contributed by atoms with Crippen molar-refractivity contribution >= 4 is 11.6 Å². The van der Waals surface area contributed by atoms with Crippen molar-refractivity contribution in [2.45, 2.75) is 12.8 Å². The predicted octanol–water partition coefficient (Wildman–Crippen LogP) is 1.82. The molecule has 2 rings (SSSR count). The van der Waals surface area contributed by atoms with Crippen LogP contribution in [-0.4, -0.2) is 49.4 Å². The molecule has 1 aromatic rings. The number of piperidine rings is 1. The van der Waals surface area contributed by atoms with Crippen molar-refractivity contribution in [2.24, 2.45) is 5.92 Å². The molecule has 1 aromatic carbocycles. The second-order valence-electron chi connectivity index (χ2n) is 5.73. The van der Waals surface area contributed by atoms with Crippen LogP contribution in [-0.2, 0) is 0 Å². The van der Waals surface area contributed by atoms with Crippen molar-refractivity contribution in [2.75, 3.05) is 39.5 Å². The highest BCUT2D eigenvalue weighted by Gasteiger charge is 2.24. The zero-order valence-corrected chi connectivity index (χ0v) is 12.1. The van der Waals surface area contributed by atoms with Gasteiger partial charge in [-0.15, -0.1) is 0 Å². The fourth-order valence-electron chi connectivity index (χ4n) is 2.73. The van der Waals surface area contributed by atoms with E-state index < -0.39 is 5.82 Å². The minimum absolute atomic E-state index is 0.0918. The molecule has 0 saturated carbocycles. The van der Waals surface area contributed by atoms with Gasteiger partial charge >= 0.3 is 0 Å². The number of amides is 1. The number of anilines is 1. The first kappa shape index (κ1) is 14.8. The molecule has 110 valence electrons. The van der Waals surface area contributed by atoms with Crippen molar-refractivity contribution in [3.8, 4) is 0 Å². The van der Waals surface area contributed by atoms with Crippen molar-refractivity contribution in [3.05, 3.63) is 29.6 Å². The molecule has 0 radical (unpaired) electrons. The van der Waals surface area contributed by atoms with Crippen molar-refractivity contribution in [3.63, 3.8) is 0 Å². The van der Waals surface area contributed by atoms with E-state index in [0.717, 1.165) is 32.5 Å². The summed E-state index contributed by atoms with van der Waals surface area (Å²) in [4.78, 5) is 16.4. The molecule has 0 unspecified atom stereocenters. The summed E-state index contributed by atoms with van der Waals surface area (Å²) in [5.74, 6) is 0.133. The molecule has 1 saturated heterocycles. The number of carbonyl (C=O) groups is 1. The third-order valence-electron chi connectivity index (χ3n) is 3.77. The lowest BCUT2D eigenvalue weighted by atomic mass is 9.96. The normalized spacial score (nSPS) is 16.7. The van der Waals surface area contributed by atoms with Crippen LogP contribution in [0.25, 0.3) is 0 Å². The van der Waals surface area contributed by atoms with Crippen molar-refractivity contribution in [1.82, 2.24) is 9.80 Å². The molecule has 0 spiro atoms. The molecular weight excluding hydrogens is 257 g/mol. The summed E-state index contributed by atoms with van der Waals surface area (Å²) in [5.41, 5.74) is 6.34. The molecule has 0 bridgehead atoms. The first-order chi connectivity index (χ1) is 9.47. The third-order valence-corrected chi connectivity index (χ3v) is 3.77. The van der Waals surface area contributed by atoms with Gasteiger partial charge in [-0.3, -0.25) is 4.79 Å². The van der Waals surface area contributed by atoms with E-state index in [0.29, 0.717) is 11.5 Å². The maximum absolute atomic E-state index is 13.0. The van der Waals surface area contributed by atoms with Gasteiger partial charge in [-0.25, -0.2) is 4.39 Å². The molecule has 0 aliphatic carbocycles. The zero-order chi connectivity index (χ0) is 14.7. The Bertz CT molecular complexity index is 482. The van der Waals surface area contributed by atoms with Crippen molar-refractivity contribution in [1.29, 1.82) is 0 Å². The third kappa shape index (κ3) is 3.48. The van der Waals surface area contributed by atoms with E-state index in [1.165, 1.54) is 18.2 Å². The Labute approximate surface area is 119 Å². The Morgan fingerprint density at radius 3 is 2.60 bits per heavy atom. The van der Waals surface area contributed by atoms with Gasteiger partial charge in [0.15, 0.2) is 0 Å². The highest BCUT2D eigenvalue weighted by Crippen LogP contribution is 2.22. The Balaban J connectivity index is 1.98. The first-order valence-corrected chi connectivity index (χ1v) is 6.96. The van der Waals surface area contributed by atoms with Crippen LogP contribution in [0.15, 0.2) is 18.2 Å². The number of halogens is 1. The lowest BCUT2D eigenvalue weighted by molar-refractivity contribution is 0.0679. The molecule has 2 N–H and O–H groups in total. The summed E-state index contributed by atoms with van der Waals surface area (Å²) in [6.45, 7) is 2.54. The summed E-state index contributed by atoms with van der Waals surface area (Å²) >= 11 is 0. The second kappa shape index (κ2) is 6.22. The molecule has 1 aliphatic rings. The van der Waals surface area contributed by atoms with Gasteiger partial charge in [0.1, 0.15) is 5.82 Å². The lowest BCUT2D eigenvalue weighted by Gasteiger charge is -2.33. The molecule has 4 nitrogen and oxygen atoms in total. The standard InChI is InChI=1S/C15H22FN3O/c1-18(2)10-11-5-7-19(8-6-11)15(20)13-4-3-12(16)9-14(13)17/h3-4,9,11H,5-8,10,17H2,1-2H3. The Kier molecular flexibility index (Phi) is 4.60. The summed E-state index contributed by atoms with van der Waals surface area (Å²) < 4.78 is 13.0. The smallest absolute Gasteiger partial charge is 0.255 e. The van der Waals surface area contributed by atoms with Crippen molar-refractivity contribution < 1.29 is 9.18 Å². The van der Waals surface area contributed by atoms with Crippen LogP contribution in [0.2, 0.25) is 0 Å². The van der Waals surface area contributed by atoms with Crippen LogP contribution in [0, 0.1) is 11.7 Å². The van der Waals surface area contributed by atoms with Gasteiger partial charge < -0.3 is 15.5 Å². The van der Waals surface area contributed by atoms with E-state index in [1.54, 1.807) is 0 Å². The largest absolute Gasteiger partial charge is 0.398 e. The van der Waals surface area contributed by atoms with Crippen LogP contribution >= 0.6 is 0 Å². The minimum atomic E-state index is -0.413. The fourth-order valence-corrected chi connectivity index (χ4v) is 2.73. The second-order valence-corrected chi connectivity index (χ2v) is 5.73. The Morgan fingerprint density at radius 1 is 1.40 bits per heavy atom. The fraction of sp³-hybridized carbons (Fsp3) is 0.533. The summed E-state index contributed by atoms with van der Waals surface area (Å²) in [7, 11) is 4.13. The Hall–Kier alpha value is -1.62. The lowest BCUT2D eigenvalue weighted by Crippen LogP contribution is -2.40. The van der Waals surface area contributed by atoms with Gasteiger partial charge in [-0.1, -0.05) is 0 Å². The topological polar surface area (TPSA) is 49.6 Å². The highest BCUT2D eigenvalue weighted by molar-refractivity contribution is 5.99. The predicted molar refractivity (Wildman–Crippen MR) is 78.0 cm³/mol. The van der Waals surface area contributed by atoms with E-state index >= 15 is 0 Å². The van der Waals surface area contributed by atoms with E-state index in [1.807, 2.05) is 4.90 Å². The van der Waals surface area contributed by atoms with Crippen LogP contribution in [0.4, 0.5) is 10.1 Å². The van der Waals surface area contributed by atoms with E-state index in [2.05, 4.69) is 19.0 Å². The average molecular weight is 279 g/mol. The molecule has 1 fully saturated rings. The molecular formula is C15H22FN3O.